The summed E-state index contributed by atoms with van der Waals surface area (Å²) in [5.41, 5.74) is 1.49. The summed E-state index contributed by atoms with van der Waals surface area (Å²) in [7, 11) is 1.50. The van der Waals surface area contributed by atoms with E-state index in [4.69, 9.17) is 4.74 Å². The minimum absolute atomic E-state index is 0.108. The zero-order chi connectivity index (χ0) is 18.6. The highest BCUT2D eigenvalue weighted by Crippen LogP contribution is 2.08. The van der Waals surface area contributed by atoms with E-state index >= 15 is 0 Å². The SMILES string of the molecule is COc1cc(C)n(CCNC(=O)Cn2cnc(C)c(C)c2=O)c(=O)c1. The molecule has 0 aliphatic heterocycles. The van der Waals surface area contributed by atoms with Crippen LogP contribution in [0.1, 0.15) is 17.0 Å². The Morgan fingerprint density at radius 1 is 1.24 bits per heavy atom. The van der Waals surface area contributed by atoms with Gasteiger partial charge in [0, 0.05) is 36.1 Å². The van der Waals surface area contributed by atoms with Crippen LogP contribution < -0.4 is 21.2 Å². The van der Waals surface area contributed by atoms with Gasteiger partial charge in [0.2, 0.25) is 5.91 Å². The average molecular weight is 346 g/mol. The smallest absolute Gasteiger partial charge is 0.256 e. The number of hydrogen-bond donors (Lipinski definition) is 1. The summed E-state index contributed by atoms with van der Waals surface area (Å²) >= 11 is 0. The first-order chi connectivity index (χ1) is 11.8. The highest BCUT2D eigenvalue weighted by molar-refractivity contribution is 5.75. The summed E-state index contributed by atoms with van der Waals surface area (Å²) in [4.78, 5) is 40.2. The molecule has 25 heavy (non-hydrogen) atoms. The maximum absolute atomic E-state index is 12.1. The van der Waals surface area contributed by atoms with Crippen LogP contribution in [0.15, 0.2) is 28.0 Å². The summed E-state index contributed by atoms with van der Waals surface area (Å²) in [6, 6.07) is 3.15. The number of aromatic nitrogens is 3. The van der Waals surface area contributed by atoms with E-state index in [1.165, 1.54) is 24.1 Å². The number of carbonyl (C=O) groups is 1. The van der Waals surface area contributed by atoms with E-state index in [0.717, 1.165) is 5.69 Å². The third-order valence-electron chi connectivity index (χ3n) is 4.03. The standard InChI is InChI=1S/C17H22N4O4/c1-11-7-14(25-4)8-16(23)21(11)6-5-18-15(22)9-20-10-19-13(3)12(2)17(20)24/h7-8,10H,5-6,9H2,1-4H3,(H,18,22). The van der Waals surface area contributed by atoms with Gasteiger partial charge in [-0.3, -0.25) is 19.0 Å². The molecule has 0 aromatic carbocycles. The molecule has 1 amide bonds. The first kappa shape index (κ1) is 18.4. The number of carbonyl (C=O) groups excluding carboxylic acids is 1. The maximum Gasteiger partial charge on any atom is 0.256 e. The van der Waals surface area contributed by atoms with E-state index in [1.807, 2.05) is 0 Å². The Kier molecular flexibility index (Phi) is 5.74. The number of ether oxygens (including phenoxy) is 1. The predicted octanol–water partition coefficient (Wildman–Crippen LogP) is 0.155. The van der Waals surface area contributed by atoms with Crippen LogP contribution in [0.4, 0.5) is 0 Å². The van der Waals surface area contributed by atoms with Gasteiger partial charge in [0.25, 0.3) is 11.1 Å². The van der Waals surface area contributed by atoms with Gasteiger partial charge in [0.15, 0.2) is 0 Å². The summed E-state index contributed by atoms with van der Waals surface area (Å²) < 4.78 is 7.86. The van der Waals surface area contributed by atoms with E-state index in [9.17, 15) is 14.4 Å². The quantitative estimate of drug-likeness (QED) is 0.804. The molecular formula is C17H22N4O4. The van der Waals surface area contributed by atoms with E-state index in [0.29, 0.717) is 23.6 Å². The molecular weight excluding hydrogens is 324 g/mol. The topological polar surface area (TPSA) is 95.2 Å². The Labute approximate surface area is 145 Å². The highest BCUT2D eigenvalue weighted by atomic mass is 16.5. The lowest BCUT2D eigenvalue weighted by atomic mass is 10.3. The molecule has 0 saturated heterocycles. The molecule has 0 unspecified atom stereocenters. The van der Waals surface area contributed by atoms with Crippen LogP contribution in [0.5, 0.6) is 5.75 Å². The molecule has 8 nitrogen and oxygen atoms in total. The highest BCUT2D eigenvalue weighted by Gasteiger charge is 2.09. The molecule has 0 radical (unpaired) electrons. The lowest BCUT2D eigenvalue weighted by molar-refractivity contribution is -0.121. The second-order valence-electron chi connectivity index (χ2n) is 5.76. The largest absolute Gasteiger partial charge is 0.496 e. The number of nitrogens with one attached hydrogen (secondary N) is 1. The van der Waals surface area contributed by atoms with Crippen LogP contribution in [0.25, 0.3) is 0 Å². The second kappa shape index (κ2) is 7.78. The number of aryl methyl sites for hydroxylation is 2. The summed E-state index contributed by atoms with van der Waals surface area (Å²) in [6.45, 7) is 5.73. The van der Waals surface area contributed by atoms with Crippen molar-refractivity contribution >= 4 is 5.91 Å². The Morgan fingerprint density at radius 2 is 1.96 bits per heavy atom. The first-order valence-electron chi connectivity index (χ1n) is 7.88. The van der Waals surface area contributed by atoms with Crippen LogP contribution >= 0.6 is 0 Å². The molecule has 8 heteroatoms. The van der Waals surface area contributed by atoms with Crippen molar-refractivity contribution < 1.29 is 9.53 Å². The number of nitrogens with zero attached hydrogens (tertiary/aromatic N) is 3. The zero-order valence-corrected chi connectivity index (χ0v) is 14.8. The number of methoxy groups -OCH3 is 1. The van der Waals surface area contributed by atoms with Crippen molar-refractivity contribution in [3.63, 3.8) is 0 Å². The fourth-order valence-corrected chi connectivity index (χ4v) is 2.41. The number of rotatable bonds is 6. The Morgan fingerprint density at radius 3 is 2.60 bits per heavy atom. The molecule has 0 spiro atoms. The van der Waals surface area contributed by atoms with Crippen LogP contribution in [-0.4, -0.2) is 33.7 Å². The molecule has 0 saturated carbocycles. The minimum Gasteiger partial charge on any atom is -0.496 e. The molecule has 2 aromatic heterocycles. The molecule has 2 heterocycles. The van der Waals surface area contributed by atoms with E-state index in [2.05, 4.69) is 10.3 Å². The predicted molar refractivity (Wildman–Crippen MR) is 93.0 cm³/mol. The fourth-order valence-electron chi connectivity index (χ4n) is 2.41. The van der Waals surface area contributed by atoms with Crippen LogP contribution in [0, 0.1) is 20.8 Å². The van der Waals surface area contributed by atoms with E-state index < -0.39 is 0 Å². The molecule has 0 atom stereocenters. The van der Waals surface area contributed by atoms with Gasteiger partial charge in [-0.2, -0.15) is 0 Å². The average Bonchev–Trinajstić information content (AvgIpc) is 2.57. The Hall–Kier alpha value is -2.90. The van der Waals surface area contributed by atoms with Crippen molar-refractivity contribution in [2.75, 3.05) is 13.7 Å². The summed E-state index contributed by atoms with van der Waals surface area (Å²) in [5, 5.41) is 2.71. The van der Waals surface area contributed by atoms with Gasteiger partial charge in [-0.15, -0.1) is 0 Å². The van der Waals surface area contributed by atoms with E-state index in [1.54, 1.807) is 31.4 Å². The molecule has 2 aromatic rings. The number of hydrogen-bond acceptors (Lipinski definition) is 5. The van der Waals surface area contributed by atoms with Crippen molar-refractivity contribution in [1.29, 1.82) is 0 Å². The normalized spacial score (nSPS) is 10.6. The molecule has 1 N–H and O–H groups in total. The Balaban J connectivity index is 1.97. The molecule has 0 fully saturated rings. The van der Waals surface area contributed by atoms with E-state index in [-0.39, 0.29) is 30.1 Å². The van der Waals surface area contributed by atoms with Crippen molar-refractivity contribution in [2.24, 2.45) is 0 Å². The van der Waals surface area contributed by atoms with Crippen molar-refractivity contribution in [2.45, 2.75) is 33.9 Å². The molecule has 0 aliphatic rings. The van der Waals surface area contributed by atoms with Gasteiger partial charge in [-0.25, -0.2) is 4.98 Å². The first-order valence-corrected chi connectivity index (χ1v) is 7.88. The zero-order valence-electron chi connectivity index (χ0n) is 14.8. The van der Waals surface area contributed by atoms with Crippen LogP contribution in [0.3, 0.4) is 0 Å². The van der Waals surface area contributed by atoms with Gasteiger partial charge in [-0.05, 0) is 26.8 Å². The molecule has 134 valence electrons. The molecule has 0 aliphatic carbocycles. The lowest BCUT2D eigenvalue weighted by Gasteiger charge is -2.12. The Bertz CT molecular complexity index is 898. The van der Waals surface area contributed by atoms with Crippen LogP contribution in [0.2, 0.25) is 0 Å². The van der Waals surface area contributed by atoms with Crippen molar-refractivity contribution in [3.8, 4) is 5.75 Å². The number of pyridine rings is 1. The molecule has 2 rings (SSSR count). The third kappa shape index (κ3) is 4.34. The molecule has 0 bridgehead atoms. The second-order valence-corrected chi connectivity index (χ2v) is 5.76. The van der Waals surface area contributed by atoms with Crippen molar-refractivity contribution in [1.82, 2.24) is 19.4 Å². The summed E-state index contributed by atoms with van der Waals surface area (Å²) in [6.07, 6.45) is 1.36. The monoisotopic (exact) mass is 346 g/mol. The van der Waals surface area contributed by atoms with Gasteiger partial charge in [0.1, 0.15) is 12.3 Å². The maximum atomic E-state index is 12.1. The number of amides is 1. The van der Waals surface area contributed by atoms with Crippen LogP contribution in [-0.2, 0) is 17.9 Å². The third-order valence-corrected chi connectivity index (χ3v) is 4.03. The van der Waals surface area contributed by atoms with Crippen molar-refractivity contribution in [3.05, 3.63) is 56.1 Å². The van der Waals surface area contributed by atoms with Gasteiger partial charge < -0.3 is 14.6 Å². The summed E-state index contributed by atoms with van der Waals surface area (Å²) in [5.74, 6) is 0.191. The van der Waals surface area contributed by atoms with Gasteiger partial charge in [-0.1, -0.05) is 0 Å². The minimum atomic E-state index is -0.314. The fraction of sp³-hybridized carbons (Fsp3) is 0.412. The lowest BCUT2D eigenvalue weighted by Crippen LogP contribution is -2.36. The van der Waals surface area contributed by atoms with Gasteiger partial charge >= 0.3 is 0 Å². The van der Waals surface area contributed by atoms with Gasteiger partial charge in [0.05, 0.1) is 13.4 Å².